The second-order valence-electron chi connectivity index (χ2n) is 5.95. The van der Waals surface area contributed by atoms with Gasteiger partial charge in [0.2, 0.25) is 0 Å². The van der Waals surface area contributed by atoms with Crippen LogP contribution < -0.4 is 0 Å². The molecule has 0 fully saturated rings. The summed E-state index contributed by atoms with van der Waals surface area (Å²) >= 11 is 0. The summed E-state index contributed by atoms with van der Waals surface area (Å²) in [6, 6.07) is 26.0. The minimum atomic E-state index is 1.21. The highest BCUT2D eigenvalue weighted by molar-refractivity contribution is 6.17. The Morgan fingerprint density at radius 2 is 1.13 bits per heavy atom. The van der Waals surface area contributed by atoms with Crippen LogP contribution in [0.1, 0.15) is 11.1 Å². The van der Waals surface area contributed by atoms with Gasteiger partial charge in [-0.2, -0.15) is 0 Å². The predicted molar refractivity (Wildman–Crippen MR) is 102 cm³/mol. The van der Waals surface area contributed by atoms with Crippen LogP contribution in [-0.4, -0.2) is 0 Å². The average molecular weight is 294 g/mol. The molecule has 4 aromatic rings. The zero-order chi connectivity index (χ0) is 15.8. The fourth-order valence-electron chi connectivity index (χ4n) is 3.41. The Labute approximate surface area is 136 Å². The molecule has 110 valence electrons. The molecule has 0 spiro atoms. The Balaban J connectivity index is 2.24. The van der Waals surface area contributed by atoms with Crippen molar-refractivity contribution in [2.45, 2.75) is 6.92 Å². The fourth-order valence-corrected chi connectivity index (χ4v) is 3.41. The predicted octanol–water partition coefficient (Wildman–Crippen LogP) is 6.61. The van der Waals surface area contributed by atoms with Crippen molar-refractivity contribution in [3.05, 3.63) is 90.5 Å². The van der Waals surface area contributed by atoms with Crippen molar-refractivity contribution >= 4 is 27.6 Å². The van der Waals surface area contributed by atoms with Gasteiger partial charge in [-0.05, 0) is 45.2 Å². The van der Waals surface area contributed by atoms with Gasteiger partial charge in [-0.3, -0.25) is 0 Å². The van der Waals surface area contributed by atoms with Gasteiger partial charge in [-0.1, -0.05) is 91.0 Å². The van der Waals surface area contributed by atoms with Crippen LogP contribution in [-0.2, 0) is 0 Å². The Morgan fingerprint density at radius 3 is 1.61 bits per heavy atom. The number of hydrogen-bond donors (Lipinski definition) is 0. The molecule has 0 amide bonds. The first-order valence-corrected chi connectivity index (χ1v) is 7.92. The number of benzene rings is 4. The van der Waals surface area contributed by atoms with E-state index in [1.54, 1.807) is 0 Å². The minimum absolute atomic E-state index is 1.21. The van der Waals surface area contributed by atoms with Gasteiger partial charge >= 0.3 is 0 Å². The molecule has 0 heterocycles. The number of rotatable bonds is 2. The Kier molecular flexibility index (Phi) is 3.24. The fraction of sp³-hybridized carbons (Fsp3) is 0.0435. The van der Waals surface area contributed by atoms with E-state index in [4.69, 9.17) is 0 Å². The summed E-state index contributed by atoms with van der Waals surface area (Å²) in [5, 5.41) is 5.09. The van der Waals surface area contributed by atoms with Crippen molar-refractivity contribution in [2.75, 3.05) is 0 Å². The highest BCUT2D eigenvalue weighted by Crippen LogP contribution is 2.39. The van der Waals surface area contributed by atoms with Crippen molar-refractivity contribution in [3.63, 3.8) is 0 Å². The molecule has 0 saturated carbocycles. The monoisotopic (exact) mass is 294 g/mol. The van der Waals surface area contributed by atoms with Crippen molar-refractivity contribution in [1.82, 2.24) is 0 Å². The van der Waals surface area contributed by atoms with E-state index in [2.05, 4.69) is 86.3 Å². The van der Waals surface area contributed by atoms with E-state index in [-0.39, 0.29) is 0 Å². The summed E-state index contributed by atoms with van der Waals surface area (Å²) in [6.07, 6.45) is 1.98. The Morgan fingerprint density at radius 1 is 0.652 bits per heavy atom. The summed E-state index contributed by atoms with van der Waals surface area (Å²) in [7, 11) is 0. The van der Waals surface area contributed by atoms with Gasteiger partial charge in [0, 0.05) is 0 Å². The van der Waals surface area contributed by atoms with Gasteiger partial charge in [-0.15, -0.1) is 0 Å². The molecule has 0 aromatic heterocycles. The molecular formula is C23H18. The molecule has 4 aromatic carbocycles. The van der Waals surface area contributed by atoms with E-state index in [1.807, 2.05) is 6.08 Å². The first kappa shape index (κ1) is 13.8. The van der Waals surface area contributed by atoms with Crippen LogP contribution in [0.2, 0.25) is 0 Å². The second-order valence-corrected chi connectivity index (χ2v) is 5.95. The lowest BCUT2D eigenvalue weighted by Gasteiger charge is -2.15. The first-order valence-electron chi connectivity index (χ1n) is 7.92. The molecule has 0 nitrogen and oxygen atoms in total. The van der Waals surface area contributed by atoms with E-state index in [0.29, 0.717) is 0 Å². The molecule has 0 saturated heterocycles. The lowest BCUT2D eigenvalue weighted by atomic mass is 9.88. The van der Waals surface area contributed by atoms with Crippen LogP contribution in [0.25, 0.3) is 38.7 Å². The van der Waals surface area contributed by atoms with Crippen LogP contribution >= 0.6 is 0 Å². The number of fused-ring (bicyclic) bond motifs is 2. The van der Waals surface area contributed by atoms with Crippen LogP contribution in [0.5, 0.6) is 0 Å². The number of aryl methyl sites for hydroxylation is 1. The van der Waals surface area contributed by atoms with Gasteiger partial charge in [0.25, 0.3) is 0 Å². The van der Waals surface area contributed by atoms with Crippen LogP contribution in [0, 0.1) is 6.92 Å². The normalized spacial score (nSPS) is 11.0. The average Bonchev–Trinajstić information content (AvgIpc) is 2.60. The topological polar surface area (TPSA) is 0 Å². The summed E-state index contributed by atoms with van der Waals surface area (Å²) in [5.41, 5.74) is 5.07. The van der Waals surface area contributed by atoms with Crippen molar-refractivity contribution in [2.24, 2.45) is 0 Å². The van der Waals surface area contributed by atoms with Gasteiger partial charge in [-0.25, -0.2) is 0 Å². The van der Waals surface area contributed by atoms with Crippen molar-refractivity contribution < 1.29 is 0 Å². The van der Waals surface area contributed by atoms with Crippen molar-refractivity contribution in [1.29, 1.82) is 0 Å². The summed E-state index contributed by atoms with van der Waals surface area (Å²) in [5.74, 6) is 0. The standard InChI is InChI=1S/C23H18/c1-3-18-19-8-4-6-10-21(19)23(17-14-12-16(2)13-15-17)22-11-7-5-9-20(18)22/h3-15H,1H2,2H3. The summed E-state index contributed by atoms with van der Waals surface area (Å²) < 4.78 is 0. The molecule has 4 rings (SSSR count). The largest absolute Gasteiger partial charge is 0.0984 e. The summed E-state index contributed by atoms with van der Waals surface area (Å²) in [4.78, 5) is 0. The SMILES string of the molecule is C=Cc1c2ccccc2c(-c2ccc(C)cc2)c2ccccc12. The van der Waals surface area contributed by atoms with Crippen LogP contribution in [0.15, 0.2) is 79.4 Å². The number of hydrogen-bond acceptors (Lipinski definition) is 0. The van der Waals surface area contributed by atoms with Gasteiger partial charge < -0.3 is 0 Å². The first-order chi connectivity index (χ1) is 11.3. The van der Waals surface area contributed by atoms with E-state index >= 15 is 0 Å². The lowest BCUT2D eigenvalue weighted by molar-refractivity contribution is 1.47. The van der Waals surface area contributed by atoms with E-state index in [9.17, 15) is 0 Å². The summed E-state index contributed by atoms with van der Waals surface area (Å²) in [6.45, 7) is 6.17. The molecule has 0 aliphatic heterocycles. The van der Waals surface area contributed by atoms with Gasteiger partial charge in [0.1, 0.15) is 0 Å². The zero-order valence-corrected chi connectivity index (χ0v) is 13.2. The highest BCUT2D eigenvalue weighted by Gasteiger charge is 2.12. The molecule has 0 unspecified atom stereocenters. The zero-order valence-electron chi connectivity index (χ0n) is 13.2. The van der Waals surface area contributed by atoms with Gasteiger partial charge in [0.15, 0.2) is 0 Å². The highest BCUT2D eigenvalue weighted by atomic mass is 14.2. The van der Waals surface area contributed by atoms with Crippen molar-refractivity contribution in [3.8, 4) is 11.1 Å². The maximum absolute atomic E-state index is 4.05. The molecule has 0 atom stereocenters. The quantitative estimate of drug-likeness (QED) is 0.365. The third-order valence-corrected chi connectivity index (χ3v) is 4.52. The molecule has 0 bridgehead atoms. The van der Waals surface area contributed by atoms with E-state index < -0.39 is 0 Å². The molecule has 0 N–H and O–H groups in total. The Hall–Kier alpha value is -2.86. The third-order valence-electron chi connectivity index (χ3n) is 4.52. The molecule has 0 radical (unpaired) electrons. The maximum Gasteiger partial charge on any atom is -0.00264 e. The van der Waals surface area contributed by atoms with E-state index in [1.165, 1.54) is 43.8 Å². The van der Waals surface area contributed by atoms with Crippen LogP contribution in [0.3, 0.4) is 0 Å². The van der Waals surface area contributed by atoms with E-state index in [0.717, 1.165) is 0 Å². The Bertz CT molecular complexity index is 964. The minimum Gasteiger partial charge on any atom is -0.0984 e. The molecular weight excluding hydrogens is 276 g/mol. The smallest absolute Gasteiger partial charge is 0.00264 e. The maximum atomic E-state index is 4.05. The molecule has 0 heteroatoms. The molecule has 0 aliphatic rings. The van der Waals surface area contributed by atoms with Crippen LogP contribution in [0.4, 0.5) is 0 Å². The second kappa shape index (κ2) is 5.40. The van der Waals surface area contributed by atoms with Gasteiger partial charge in [0.05, 0.1) is 0 Å². The molecule has 23 heavy (non-hydrogen) atoms. The lowest BCUT2D eigenvalue weighted by Crippen LogP contribution is -1.89. The third kappa shape index (κ3) is 2.15. The molecule has 0 aliphatic carbocycles.